The Morgan fingerprint density at radius 1 is 1.69 bits per heavy atom. The first-order valence-electron chi connectivity index (χ1n) is 3.35. The average molecular weight is 182 g/mol. The van der Waals surface area contributed by atoms with Crippen molar-refractivity contribution in [2.24, 2.45) is 0 Å². The topological polar surface area (TPSA) is 122 Å². The highest BCUT2D eigenvalue weighted by atomic mass is 16.5. The monoisotopic (exact) mass is 182 g/mol. The first-order valence-corrected chi connectivity index (χ1v) is 3.35. The van der Waals surface area contributed by atoms with Gasteiger partial charge in [0.1, 0.15) is 6.33 Å². The highest BCUT2D eigenvalue weighted by molar-refractivity contribution is 5.70. The smallest absolute Gasteiger partial charge is 0.280 e. The zero-order valence-corrected chi connectivity index (χ0v) is 6.35. The predicted octanol–water partition coefficient (Wildman–Crippen LogP) is -1.37. The maximum atomic E-state index is 11.2. The summed E-state index contributed by atoms with van der Waals surface area (Å²) in [5.41, 5.74) is 6.91. The largest absolute Gasteiger partial charge is 0.369 e. The molecule has 0 aliphatic rings. The molecule has 0 bridgehead atoms. The van der Waals surface area contributed by atoms with Gasteiger partial charge in [-0.3, -0.25) is 15.0 Å². The molecule has 0 aromatic carbocycles. The second-order valence-electron chi connectivity index (χ2n) is 2.34. The number of nitrogens with zero attached hydrogens (tertiary/aromatic N) is 3. The SMILES string of the molecule is Nc1nc2c(ncn2NO)c(=O)[nH]1. The number of nitrogen functional groups attached to an aromatic ring is 1. The van der Waals surface area contributed by atoms with Crippen LogP contribution < -0.4 is 16.9 Å². The van der Waals surface area contributed by atoms with Crippen molar-refractivity contribution in [1.82, 2.24) is 19.6 Å². The molecule has 8 nitrogen and oxygen atoms in total. The van der Waals surface area contributed by atoms with Crippen molar-refractivity contribution in [1.29, 1.82) is 0 Å². The van der Waals surface area contributed by atoms with Crippen molar-refractivity contribution in [2.75, 3.05) is 11.3 Å². The Labute approximate surface area is 71.0 Å². The van der Waals surface area contributed by atoms with Crippen molar-refractivity contribution in [3.05, 3.63) is 16.7 Å². The van der Waals surface area contributed by atoms with E-state index in [1.54, 1.807) is 5.59 Å². The van der Waals surface area contributed by atoms with Crippen LogP contribution in [0.3, 0.4) is 0 Å². The summed E-state index contributed by atoms with van der Waals surface area (Å²) in [7, 11) is 0. The van der Waals surface area contributed by atoms with E-state index in [0.29, 0.717) is 0 Å². The van der Waals surface area contributed by atoms with E-state index in [-0.39, 0.29) is 17.1 Å². The van der Waals surface area contributed by atoms with E-state index in [4.69, 9.17) is 10.9 Å². The number of hydrogen-bond acceptors (Lipinski definition) is 6. The molecule has 0 saturated heterocycles. The minimum absolute atomic E-state index is 0.0329. The molecule has 0 fully saturated rings. The third kappa shape index (κ3) is 0.999. The molecule has 0 unspecified atom stereocenters. The molecule has 2 aromatic heterocycles. The summed E-state index contributed by atoms with van der Waals surface area (Å²) in [6.45, 7) is 0. The lowest BCUT2D eigenvalue weighted by molar-refractivity contribution is 0.321. The van der Waals surface area contributed by atoms with Crippen LogP contribution in [-0.4, -0.2) is 24.8 Å². The molecule has 0 radical (unpaired) electrons. The molecule has 2 heterocycles. The normalized spacial score (nSPS) is 10.5. The fraction of sp³-hybridized carbons (Fsp3) is 0. The van der Waals surface area contributed by atoms with Crippen LogP contribution in [0.5, 0.6) is 0 Å². The Morgan fingerprint density at radius 2 is 2.46 bits per heavy atom. The zero-order chi connectivity index (χ0) is 9.42. The first kappa shape index (κ1) is 7.55. The summed E-state index contributed by atoms with van der Waals surface area (Å²) >= 11 is 0. The number of nitrogens with one attached hydrogen (secondary N) is 2. The van der Waals surface area contributed by atoms with E-state index in [2.05, 4.69) is 15.0 Å². The van der Waals surface area contributed by atoms with Crippen LogP contribution in [0.15, 0.2) is 11.1 Å². The molecule has 5 N–H and O–H groups in total. The number of imidazole rings is 1. The summed E-state index contributed by atoms with van der Waals surface area (Å²) in [4.78, 5) is 20.9. The molecule has 68 valence electrons. The van der Waals surface area contributed by atoms with E-state index in [0.717, 1.165) is 4.68 Å². The van der Waals surface area contributed by atoms with Gasteiger partial charge in [0.15, 0.2) is 11.2 Å². The number of aromatic nitrogens is 4. The molecule has 0 atom stereocenters. The van der Waals surface area contributed by atoms with Gasteiger partial charge in [0.05, 0.1) is 0 Å². The van der Waals surface area contributed by atoms with Gasteiger partial charge in [0.25, 0.3) is 5.56 Å². The fourth-order valence-corrected chi connectivity index (χ4v) is 1.000. The average Bonchev–Trinajstić information content (AvgIpc) is 2.47. The Hall–Kier alpha value is -2.09. The first-order chi connectivity index (χ1) is 6.22. The highest BCUT2D eigenvalue weighted by Gasteiger charge is 2.07. The number of rotatable bonds is 1. The van der Waals surface area contributed by atoms with Crippen LogP contribution >= 0.6 is 0 Å². The van der Waals surface area contributed by atoms with Crippen LogP contribution in [0.25, 0.3) is 11.2 Å². The van der Waals surface area contributed by atoms with Crippen LogP contribution in [0.4, 0.5) is 5.95 Å². The molecule has 0 spiro atoms. The third-order valence-electron chi connectivity index (χ3n) is 1.53. The van der Waals surface area contributed by atoms with E-state index >= 15 is 0 Å². The number of nitrogens with two attached hydrogens (primary N) is 1. The van der Waals surface area contributed by atoms with Gasteiger partial charge in [0.2, 0.25) is 5.95 Å². The highest BCUT2D eigenvalue weighted by Crippen LogP contribution is 2.02. The lowest BCUT2D eigenvalue weighted by Gasteiger charge is -1.98. The number of hydrogen-bond donors (Lipinski definition) is 4. The van der Waals surface area contributed by atoms with Crippen LogP contribution in [-0.2, 0) is 0 Å². The Bertz CT molecular complexity index is 499. The van der Waals surface area contributed by atoms with E-state index in [1.165, 1.54) is 6.33 Å². The number of aromatic amines is 1. The maximum absolute atomic E-state index is 11.2. The Balaban J connectivity index is 2.90. The Kier molecular flexibility index (Phi) is 1.43. The molecule has 13 heavy (non-hydrogen) atoms. The van der Waals surface area contributed by atoms with Gasteiger partial charge in [-0.05, 0) is 0 Å². The quantitative estimate of drug-likeness (QED) is 0.404. The molecule has 0 aliphatic carbocycles. The van der Waals surface area contributed by atoms with Gasteiger partial charge in [-0.15, -0.1) is 0 Å². The van der Waals surface area contributed by atoms with Crippen LogP contribution in [0, 0.1) is 0 Å². The van der Waals surface area contributed by atoms with E-state index < -0.39 is 5.56 Å². The number of H-pyrrole nitrogens is 1. The van der Waals surface area contributed by atoms with E-state index in [9.17, 15) is 4.79 Å². The summed E-state index contributed by atoms with van der Waals surface area (Å²) in [6.07, 6.45) is 1.21. The molecular weight excluding hydrogens is 176 g/mol. The van der Waals surface area contributed by atoms with Gasteiger partial charge in [-0.25, -0.2) is 15.2 Å². The number of fused-ring (bicyclic) bond motifs is 1. The molecule has 0 saturated carbocycles. The lowest BCUT2D eigenvalue weighted by atomic mass is 10.5. The van der Waals surface area contributed by atoms with Crippen LogP contribution in [0.1, 0.15) is 0 Å². The van der Waals surface area contributed by atoms with Crippen LogP contribution in [0.2, 0.25) is 0 Å². The van der Waals surface area contributed by atoms with E-state index in [1.807, 2.05) is 0 Å². The number of anilines is 1. The fourth-order valence-electron chi connectivity index (χ4n) is 1.000. The van der Waals surface area contributed by atoms with Crippen molar-refractivity contribution < 1.29 is 5.21 Å². The summed E-state index contributed by atoms with van der Waals surface area (Å²) < 4.78 is 1.07. The Morgan fingerprint density at radius 3 is 3.15 bits per heavy atom. The van der Waals surface area contributed by atoms with Crippen molar-refractivity contribution >= 4 is 17.1 Å². The lowest BCUT2D eigenvalue weighted by Crippen LogP contribution is -2.14. The summed E-state index contributed by atoms with van der Waals surface area (Å²) in [5.74, 6) is -0.0329. The third-order valence-corrected chi connectivity index (χ3v) is 1.53. The predicted molar refractivity (Wildman–Crippen MR) is 43.7 cm³/mol. The van der Waals surface area contributed by atoms with Gasteiger partial charge in [0, 0.05) is 0 Å². The van der Waals surface area contributed by atoms with Gasteiger partial charge in [-0.1, -0.05) is 0 Å². The van der Waals surface area contributed by atoms with Crippen molar-refractivity contribution in [3.8, 4) is 0 Å². The summed E-state index contributed by atoms with van der Waals surface area (Å²) in [6, 6.07) is 0. The molecule has 8 heteroatoms. The molecule has 2 aromatic rings. The minimum Gasteiger partial charge on any atom is -0.369 e. The molecule has 2 rings (SSSR count). The van der Waals surface area contributed by atoms with Gasteiger partial charge >= 0.3 is 0 Å². The molecule has 0 aliphatic heterocycles. The van der Waals surface area contributed by atoms with Gasteiger partial charge in [-0.2, -0.15) is 4.98 Å². The maximum Gasteiger partial charge on any atom is 0.280 e. The minimum atomic E-state index is -0.448. The second-order valence-corrected chi connectivity index (χ2v) is 2.34. The zero-order valence-electron chi connectivity index (χ0n) is 6.35. The van der Waals surface area contributed by atoms with Crippen molar-refractivity contribution in [3.63, 3.8) is 0 Å². The van der Waals surface area contributed by atoms with Crippen molar-refractivity contribution in [2.45, 2.75) is 0 Å². The summed E-state index contributed by atoms with van der Waals surface area (Å²) in [5, 5.41) is 8.59. The molecule has 0 amide bonds. The van der Waals surface area contributed by atoms with Gasteiger partial charge < -0.3 is 5.73 Å². The molecular formula is C5H6N6O2. The second kappa shape index (κ2) is 2.45. The standard InChI is InChI=1S/C5H6N6O2/c6-5-8-3-2(4(12)9-5)7-1-11(3)10-13/h1,10,13H,(H3,6,8,9,12).